The molecule has 3 nitrogen and oxygen atoms in total. The minimum absolute atomic E-state index is 0.264. The molecule has 2 aliphatic rings. The third-order valence-corrected chi connectivity index (χ3v) is 3.58. The van der Waals surface area contributed by atoms with Gasteiger partial charge in [-0.2, -0.15) is 0 Å². The van der Waals surface area contributed by atoms with Crippen LogP contribution in [-0.2, 0) is 4.79 Å². The number of hydrogen-bond acceptors (Lipinski definition) is 2. The molecule has 3 atom stereocenters. The largest absolute Gasteiger partial charge is 0.481 e. The highest BCUT2D eigenvalue weighted by Gasteiger charge is 2.56. The van der Waals surface area contributed by atoms with E-state index in [1.165, 1.54) is 0 Å². The molecule has 74 valence electrons. The zero-order chi connectivity index (χ0) is 9.64. The standard InChI is InChI=1S/C9H14FNO2/c1-11-6-2-3-7(8(12)13)9(11,10)5-4-6/h6-7H,2-5H2,1H3,(H,12,13). The highest BCUT2D eigenvalue weighted by molar-refractivity contribution is 5.71. The van der Waals surface area contributed by atoms with Crippen molar-refractivity contribution in [3.63, 3.8) is 0 Å². The molecule has 0 aromatic rings. The van der Waals surface area contributed by atoms with Crippen LogP contribution in [-0.4, -0.2) is 34.9 Å². The second kappa shape index (κ2) is 2.67. The van der Waals surface area contributed by atoms with Crippen LogP contribution in [0.4, 0.5) is 4.39 Å². The summed E-state index contributed by atoms with van der Waals surface area (Å²) in [7, 11) is 1.70. The van der Waals surface area contributed by atoms with Gasteiger partial charge in [-0.25, -0.2) is 4.39 Å². The molecule has 0 radical (unpaired) electrons. The lowest BCUT2D eigenvalue weighted by molar-refractivity contribution is -0.160. The van der Waals surface area contributed by atoms with Gasteiger partial charge in [0, 0.05) is 6.04 Å². The van der Waals surface area contributed by atoms with Crippen LogP contribution >= 0.6 is 0 Å². The number of carbonyl (C=O) groups is 1. The lowest BCUT2D eigenvalue weighted by Gasteiger charge is -2.40. The van der Waals surface area contributed by atoms with E-state index in [-0.39, 0.29) is 6.04 Å². The van der Waals surface area contributed by atoms with Gasteiger partial charge in [0.25, 0.3) is 0 Å². The van der Waals surface area contributed by atoms with Crippen molar-refractivity contribution in [3.8, 4) is 0 Å². The zero-order valence-electron chi connectivity index (χ0n) is 7.66. The number of halogens is 1. The minimum atomic E-state index is -1.57. The predicted molar refractivity (Wildman–Crippen MR) is 45.0 cm³/mol. The molecule has 0 aromatic carbocycles. The molecule has 0 spiro atoms. The highest BCUT2D eigenvalue weighted by Crippen LogP contribution is 2.47. The molecule has 13 heavy (non-hydrogen) atoms. The Morgan fingerprint density at radius 1 is 1.54 bits per heavy atom. The maximum atomic E-state index is 14.2. The fourth-order valence-electron chi connectivity index (χ4n) is 2.69. The van der Waals surface area contributed by atoms with Crippen molar-refractivity contribution in [1.29, 1.82) is 0 Å². The number of carboxylic acid groups (broad SMARTS) is 1. The van der Waals surface area contributed by atoms with Gasteiger partial charge in [-0.1, -0.05) is 0 Å². The number of alkyl halides is 1. The van der Waals surface area contributed by atoms with Crippen LogP contribution in [0.2, 0.25) is 0 Å². The van der Waals surface area contributed by atoms with Crippen LogP contribution in [0.1, 0.15) is 25.7 Å². The van der Waals surface area contributed by atoms with Crippen molar-refractivity contribution < 1.29 is 14.3 Å². The molecule has 1 N–H and O–H groups in total. The quantitative estimate of drug-likeness (QED) is 0.628. The van der Waals surface area contributed by atoms with Crippen molar-refractivity contribution in [1.82, 2.24) is 4.90 Å². The number of hydrogen-bond donors (Lipinski definition) is 1. The number of fused-ring (bicyclic) bond motifs is 2. The van der Waals surface area contributed by atoms with Crippen molar-refractivity contribution in [2.24, 2.45) is 5.92 Å². The molecule has 2 saturated heterocycles. The van der Waals surface area contributed by atoms with Crippen LogP contribution in [0.5, 0.6) is 0 Å². The number of carboxylic acids is 1. The highest BCUT2D eigenvalue weighted by atomic mass is 19.1. The van der Waals surface area contributed by atoms with E-state index >= 15 is 0 Å². The lowest BCUT2D eigenvalue weighted by Crippen LogP contribution is -2.53. The topological polar surface area (TPSA) is 40.5 Å². The Bertz CT molecular complexity index is 246. The minimum Gasteiger partial charge on any atom is -0.481 e. The summed E-state index contributed by atoms with van der Waals surface area (Å²) >= 11 is 0. The van der Waals surface area contributed by atoms with E-state index in [0.717, 1.165) is 12.8 Å². The van der Waals surface area contributed by atoms with Gasteiger partial charge in [-0.15, -0.1) is 0 Å². The summed E-state index contributed by atoms with van der Waals surface area (Å²) in [6, 6.07) is 0.264. The molecule has 2 fully saturated rings. The summed E-state index contributed by atoms with van der Waals surface area (Å²) in [6.07, 6.45) is 2.49. The number of nitrogens with zero attached hydrogens (tertiary/aromatic N) is 1. The molecule has 0 aromatic heterocycles. The second-order valence-electron chi connectivity index (χ2n) is 4.09. The fraction of sp³-hybridized carbons (Fsp3) is 0.889. The van der Waals surface area contributed by atoms with Gasteiger partial charge in [0.15, 0.2) is 5.79 Å². The van der Waals surface area contributed by atoms with E-state index in [0.29, 0.717) is 12.8 Å². The summed E-state index contributed by atoms with van der Waals surface area (Å²) in [5, 5.41) is 8.87. The van der Waals surface area contributed by atoms with Gasteiger partial charge in [-0.3, -0.25) is 9.69 Å². The molecule has 0 amide bonds. The molecule has 0 aliphatic carbocycles. The fourth-order valence-corrected chi connectivity index (χ4v) is 2.69. The molecule has 3 unspecified atom stereocenters. The lowest BCUT2D eigenvalue weighted by atomic mass is 9.88. The smallest absolute Gasteiger partial charge is 0.311 e. The third-order valence-electron chi connectivity index (χ3n) is 3.58. The van der Waals surface area contributed by atoms with Crippen LogP contribution in [0, 0.1) is 5.92 Å². The van der Waals surface area contributed by atoms with Crippen LogP contribution in [0.25, 0.3) is 0 Å². The Morgan fingerprint density at radius 2 is 2.23 bits per heavy atom. The first-order valence-electron chi connectivity index (χ1n) is 4.70. The van der Waals surface area contributed by atoms with Gasteiger partial charge < -0.3 is 5.11 Å². The Labute approximate surface area is 76.5 Å². The molecule has 2 bridgehead atoms. The summed E-state index contributed by atoms with van der Waals surface area (Å²) in [4.78, 5) is 12.4. The third kappa shape index (κ3) is 1.08. The zero-order valence-corrected chi connectivity index (χ0v) is 7.66. The van der Waals surface area contributed by atoms with Crippen LogP contribution in [0.15, 0.2) is 0 Å². The van der Waals surface area contributed by atoms with Crippen LogP contribution < -0.4 is 0 Å². The van der Waals surface area contributed by atoms with E-state index in [2.05, 4.69) is 0 Å². The molecular formula is C9H14FNO2. The summed E-state index contributed by atoms with van der Waals surface area (Å²) in [6.45, 7) is 0. The molecule has 4 heteroatoms. The van der Waals surface area contributed by atoms with E-state index in [1.807, 2.05) is 0 Å². The molecule has 0 saturated carbocycles. The molecular weight excluding hydrogens is 173 g/mol. The number of rotatable bonds is 1. The normalized spacial score (nSPS) is 45.1. The van der Waals surface area contributed by atoms with Crippen molar-refractivity contribution in [2.45, 2.75) is 37.5 Å². The average Bonchev–Trinajstić information content (AvgIpc) is 2.30. The van der Waals surface area contributed by atoms with E-state index < -0.39 is 17.7 Å². The monoisotopic (exact) mass is 187 g/mol. The summed E-state index contributed by atoms with van der Waals surface area (Å²) < 4.78 is 14.2. The predicted octanol–water partition coefficient (Wildman–Crippen LogP) is 1.24. The van der Waals surface area contributed by atoms with Gasteiger partial charge in [0.05, 0.1) is 0 Å². The molecule has 2 heterocycles. The molecule has 2 aliphatic heterocycles. The summed E-state index contributed by atoms with van der Waals surface area (Å²) in [5.41, 5.74) is 0. The molecule has 2 rings (SSSR count). The van der Waals surface area contributed by atoms with E-state index in [9.17, 15) is 9.18 Å². The van der Waals surface area contributed by atoms with E-state index in [1.54, 1.807) is 11.9 Å². The maximum Gasteiger partial charge on any atom is 0.311 e. The first-order valence-corrected chi connectivity index (χ1v) is 4.70. The van der Waals surface area contributed by atoms with Crippen LogP contribution in [0.3, 0.4) is 0 Å². The van der Waals surface area contributed by atoms with Gasteiger partial charge in [0.2, 0.25) is 0 Å². The number of piperidine rings is 1. The Balaban J connectivity index is 2.28. The maximum absolute atomic E-state index is 14.2. The Morgan fingerprint density at radius 3 is 2.85 bits per heavy atom. The average molecular weight is 187 g/mol. The Kier molecular flexibility index (Phi) is 1.84. The van der Waals surface area contributed by atoms with Gasteiger partial charge in [0.1, 0.15) is 5.92 Å². The van der Waals surface area contributed by atoms with Crippen molar-refractivity contribution >= 4 is 5.97 Å². The van der Waals surface area contributed by atoms with Crippen molar-refractivity contribution in [3.05, 3.63) is 0 Å². The first-order chi connectivity index (χ1) is 6.05. The van der Waals surface area contributed by atoms with Gasteiger partial charge >= 0.3 is 5.97 Å². The number of aliphatic carboxylic acids is 1. The Hall–Kier alpha value is -0.640. The second-order valence-corrected chi connectivity index (χ2v) is 4.09. The van der Waals surface area contributed by atoms with E-state index in [4.69, 9.17) is 5.11 Å². The SMILES string of the molecule is CN1C2CCC(C(=O)O)C1(F)CC2. The summed E-state index contributed by atoms with van der Waals surface area (Å²) in [5.74, 6) is -3.39. The van der Waals surface area contributed by atoms with Gasteiger partial charge in [-0.05, 0) is 32.7 Å². The first kappa shape index (κ1) is 8.94. The van der Waals surface area contributed by atoms with Crippen molar-refractivity contribution in [2.75, 3.05) is 7.05 Å².